The molecule has 0 spiro atoms. The molecule has 1 atom stereocenters. The van der Waals surface area contributed by atoms with Crippen molar-refractivity contribution in [1.82, 2.24) is 25.2 Å². The van der Waals surface area contributed by atoms with Gasteiger partial charge in [0, 0.05) is 46.0 Å². The molecule has 8 nitrogen and oxygen atoms in total. The van der Waals surface area contributed by atoms with E-state index in [1.165, 1.54) is 0 Å². The number of rotatable bonds is 8. The monoisotopic (exact) mass is 474 g/mol. The largest absolute Gasteiger partial charge is 0.379 e. The van der Waals surface area contributed by atoms with Gasteiger partial charge >= 0.3 is 0 Å². The van der Waals surface area contributed by atoms with Crippen molar-refractivity contribution in [3.05, 3.63) is 30.2 Å². The van der Waals surface area contributed by atoms with Gasteiger partial charge in [-0.15, -0.1) is 34.2 Å². The van der Waals surface area contributed by atoms with Gasteiger partial charge in [-0.05, 0) is 25.0 Å². The zero-order chi connectivity index (χ0) is 17.3. The summed E-state index contributed by atoms with van der Waals surface area (Å²) in [6.45, 7) is 3.85. The number of ether oxygens (including phenoxy) is 2. The van der Waals surface area contributed by atoms with E-state index in [9.17, 15) is 0 Å². The lowest BCUT2D eigenvalue weighted by molar-refractivity contribution is 0.0420. The standard InChI is InChI=1S/C17H26N6O2.HI/c1-18-17(19-8-4-11-25-14-7-12-24-13-14)20-9-6-16-22-21-15-5-2-3-10-23(15)16;/h2-3,5,10,14H,4,6-9,11-13H2,1H3,(H2,18,19,20);1H. The molecule has 1 aliphatic rings. The van der Waals surface area contributed by atoms with Crippen LogP contribution >= 0.6 is 24.0 Å². The normalized spacial score (nSPS) is 17.3. The molecule has 26 heavy (non-hydrogen) atoms. The fourth-order valence-corrected chi connectivity index (χ4v) is 2.75. The average Bonchev–Trinajstić information content (AvgIpc) is 3.30. The van der Waals surface area contributed by atoms with Crippen molar-refractivity contribution in [3.8, 4) is 0 Å². The quantitative estimate of drug-likeness (QED) is 0.259. The Morgan fingerprint density at radius 1 is 1.35 bits per heavy atom. The number of aliphatic imine (C=N–C) groups is 1. The smallest absolute Gasteiger partial charge is 0.190 e. The van der Waals surface area contributed by atoms with Gasteiger partial charge in [0.05, 0.1) is 12.7 Å². The molecule has 3 rings (SSSR count). The topological polar surface area (TPSA) is 85.1 Å². The van der Waals surface area contributed by atoms with Gasteiger partial charge in [0.15, 0.2) is 11.6 Å². The van der Waals surface area contributed by atoms with Crippen LogP contribution in [0.25, 0.3) is 5.65 Å². The van der Waals surface area contributed by atoms with Crippen molar-refractivity contribution in [2.45, 2.75) is 25.4 Å². The highest BCUT2D eigenvalue weighted by Gasteiger charge is 2.15. The lowest BCUT2D eigenvalue weighted by Gasteiger charge is -2.13. The second kappa shape index (κ2) is 11.3. The number of aromatic nitrogens is 3. The Kier molecular flexibility index (Phi) is 9.06. The second-order valence-corrected chi connectivity index (χ2v) is 5.93. The van der Waals surface area contributed by atoms with E-state index in [-0.39, 0.29) is 30.1 Å². The van der Waals surface area contributed by atoms with E-state index >= 15 is 0 Å². The first-order valence-electron chi connectivity index (χ1n) is 8.79. The van der Waals surface area contributed by atoms with Gasteiger partial charge < -0.3 is 20.1 Å². The summed E-state index contributed by atoms with van der Waals surface area (Å²) in [6.07, 6.45) is 4.97. The highest BCUT2D eigenvalue weighted by molar-refractivity contribution is 14.0. The van der Waals surface area contributed by atoms with Crippen LogP contribution in [0.5, 0.6) is 0 Å². The van der Waals surface area contributed by atoms with Crippen LogP contribution in [0.15, 0.2) is 29.4 Å². The molecular formula is C17H27IN6O2. The van der Waals surface area contributed by atoms with Crippen LogP contribution in [0.3, 0.4) is 0 Å². The molecule has 1 fully saturated rings. The Hall–Kier alpha value is -1.46. The number of nitrogens with zero attached hydrogens (tertiary/aromatic N) is 4. The minimum absolute atomic E-state index is 0. The first kappa shape index (κ1) is 20.8. The number of hydrogen-bond acceptors (Lipinski definition) is 5. The predicted molar refractivity (Wildman–Crippen MR) is 111 cm³/mol. The third-order valence-electron chi connectivity index (χ3n) is 4.10. The van der Waals surface area contributed by atoms with E-state index in [2.05, 4.69) is 25.8 Å². The van der Waals surface area contributed by atoms with Crippen LogP contribution in [-0.4, -0.2) is 66.6 Å². The van der Waals surface area contributed by atoms with Crippen molar-refractivity contribution in [2.75, 3.05) is 40.0 Å². The highest BCUT2D eigenvalue weighted by atomic mass is 127. The molecule has 0 saturated carbocycles. The maximum Gasteiger partial charge on any atom is 0.190 e. The van der Waals surface area contributed by atoms with E-state index in [1.807, 2.05) is 28.8 Å². The van der Waals surface area contributed by atoms with Crippen LogP contribution in [0.1, 0.15) is 18.7 Å². The molecule has 1 saturated heterocycles. The highest BCUT2D eigenvalue weighted by Crippen LogP contribution is 2.07. The maximum absolute atomic E-state index is 5.75. The van der Waals surface area contributed by atoms with Gasteiger partial charge in [-0.3, -0.25) is 9.39 Å². The van der Waals surface area contributed by atoms with Crippen molar-refractivity contribution in [3.63, 3.8) is 0 Å². The SMILES string of the molecule is CN=C(NCCCOC1CCOC1)NCCc1nnc2ccccn12.I. The number of guanidine groups is 1. The third-order valence-corrected chi connectivity index (χ3v) is 4.10. The van der Waals surface area contributed by atoms with Crippen molar-refractivity contribution in [1.29, 1.82) is 0 Å². The van der Waals surface area contributed by atoms with E-state index in [0.29, 0.717) is 0 Å². The van der Waals surface area contributed by atoms with Gasteiger partial charge in [-0.25, -0.2) is 0 Å². The van der Waals surface area contributed by atoms with Gasteiger partial charge in [0.25, 0.3) is 0 Å². The van der Waals surface area contributed by atoms with Gasteiger partial charge in [-0.1, -0.05) is 6.07 Å². The van der Waals surface area contributed by atoms with Crippen LogP contribution in [0, 0.1) is 0 Å². The molecule has 9 heteroatoms. The summed E-state index contributed by atoms with van der Waals surface area (Å²) >= 11 is 0. The van der Waals surface area contributed by atoms with Crippen molar-refractivity contribution in [2.24, 2.45) is 4.99 Å². The van der Waals surface area contributed by atoms with E-state index in [4.69, 9.17) is 9.47 Å². The molecule has 0 aromatic carbocycles. The molecule has 0 radical (unpaired) electrons. The summed E-state index contributed by atoms with van der Waals surface area (Å²) in [4.78, 5) is 4.24. The van der Waals surface area contributed by atoms with Gasteiger partial charge in [0.2, 0.25) is 0 Å². The Balaban J connectivity index is 0.00000243. The zero-order valence-corrected chi connectivity index (χ0v) is 17.4. The van der Waals surface area contributed by atoms with Gasteiger partial charge in [-0.2, -0.15) is 0 Å². The number of hydrogen-bond donors (Lipinski definition) is 2. The fourth-order valence-electron chi connectivity index (χ4n) is 2.75. The fraction of sp³-hybridized carbons (Fsp3) is 0.588. The Morgan fingerprint density at radius 2 is 2.23 bits per heavy atom. The molecule has 3 heterocycles. The maximum atomic E-state index is 5.75. The molecule has 1 unspecified atom stereocenters. The lowest BCUT2D eigenvalue weighted by atomic mass is 10.3. The number of nitrogens with one attached hydrogen (secondary N) is 2. The summed E-state index contributed by atoms with van der Waals surface area (Å²) < 4.78 is 13.0. The van der Waals surface area contributed by atoms with Crippen molar-refractivity contribution >= 4 is 35.6 Å². The molecule has 144 valence electrons. The Bertz CT molecular complexity index is 687. The summed E-state index contributed by atoms with van der Waals surface area (Å²) in [5.41, 5.74) is 0.868. The first-order chi connectivity index (χ1) is 12.4. The van der Waals surface area contributed by atoms with Crippen LogP contribution in [-0.2, 0) is 15.9 Å². The predicted octanol–water partition coefficient (Wildman–Crippen LogP) is 1.25. The molecule has 0 bridgehead atoms. The average molecular weight is 474 g/mol. The number of pyridine rings is 1. The summed E-state index contributed by atoms with van der Waals surface area (Å²) in [5.74, 6) is 1.73. The van der Waals surface area contributed by atoms with E-state index < -0.39 is 0 Å². The van der Waals surface area contributed by atoms with Crippen LogP contribution < -0.4 is 10.6 Å². The molecule has 1 aliphatic heterocycles. The summed E-state index contributed by atoms with van der Waals surface area (Å²) in [7, 11) is 1.77. The van der Waals surface area contributed by atoms with Crippen molar-refractivity contribution < 1.29 is 9.47 Å². The van der Waals surface area contributed by atoms with Crippen LogP contribution in [0.4, 0.5) is 0 Å². The molecular weight excluding hydrogens is 447 g/mol. The minimum atomic E-state index is 0. The Labute approximate surface area is 170 Å². The number of halogens is 1. The molecule has 2 aromatic rings. The van der Waals surface area contributed by atoms with E-state index in [1.54, 1.807) is 7.05 Å². The molecule has 0 aliphatic carbocycles. The Morgan fingerprint density at radius 3 is 3.04 bits per heavy atom. The second-order valence-electron chi connectivity index (χ2n) is 5.93. The zero-order valence-electron chi connectivity index (χ0n) is 15.1. The third kappa shape index (κ3) is 6.06. The minimum Gasteiger partial charge on any atom is -0.379 e. The first-order valence-corrected chi connectivity index (χ1v) is 8.79. The van der Waals surface area contributed by atoms with E-state index in [0.717, 1.165) is 69.6 Å². The van der Waals surface area contributed by atoms with Gasteiger partial charge in [0.1, 0.15) is 5.82 Å². The summed E-state index contributed by atoms with van der Waals surface area (Å²) in [6, 6.07) is 5.89. The molecule has 2 aromatic heterocycles. The molecule has 2 N–H and O–H groups in total. The summed E-state index contributed by atoms with van der Waals surface area (Å²) in [5, 5.41) is 15.0. The lowest BCUT2D eigenvalue weighted by Crippen LogP contribution is -2.39. The number of fused-ring (bicyclic) bond motifs is 1. The molecule has 0 amide bonds. The van der Waals surface area contributed by atoms with Crippen LogP contribution in [0.2, 0.25) is 0 Å².